The largest absolute Gasteiger partial charge is 0.360 e. The molecule has 0 aliphatic heterocycles. The Hall–Kier alpha value is -1.90. The fourth-order valence-corrected chi connectivity index (χ4v) is 4.03. The lowest BCUT2D eigenvalue weighted by atomic mass is 10.1. The second kappa shape index (κ2) is 6.78. The van der Waals surface area contributed by atoms with E-state index in [1.54, 1.807) is 12.1 Å². The summed E-state index contributed by atoms with van der Waals surface area (Å²) in [6.45, 7) is 0. The van der Waals surface area contributed by atoms with E-state index in [4.69, 9.17) is 11.6 Å². The summed E-state index contributed by atoms with van der Waals surface area (Å²) in [5, 5.41) is 6.98. The highest BCUT2D eigenvalue weighted by molar-refractivity contribution is 14.1. The van der Waals surface area contributed by atoms with Crippen molar-refractivity contribution in [2.45, 2.75) is 0 Å². The number of nitrogens with one attached hydrogen (secondary N) is 2. The van der Waals surface area contributed by atoms with Gasteiger partial charge in [-0.2, -0.15) is 0 Å². The normalized spacial score (nSPS) is 11.0. The minimum Gasteiger partial charge on any atom is -0.360 e. The predicted octanol–water partition coefficient (Wildman–Crippen LogP) is 5.80. The summed E-state index contributed by atoms with van der Waals surface area (Å²) >= 11 is 9.51. The Morgan fingerprint density at radius 2 is 2.08 bits per heavy atom. The number of para-hydroxylation sites is 1. The summed E-state index contributed by atoms with van der Waals surface area (Å²) in [4.78, 5) is 20.3. The van der Waals surface area contributed by atoms with Crippen molar-refractivity contribution in [2.24, 2.45) is 0 Å². The minimum atomic E-state index is -0.216. The van der Waals surface area contributed by atoms with Gasteiger partial charge in [-0.05, 0) is 46.9 Å². The molecule has 0 radical (unpaired) electrons. The first-order valence-electron chi connectivity index (χ1n) is 7.40. The van der Waals surface area contributed by atoms with Crippen molar-refractivity contribution in [2.75, 3.05) is 5.32 Å². The summed E-state index contributed by atoms with van der Waals surface area (Å²) in [7, 11) is 0. The highest BCUT2D eigenvalue weighted by Gasteiger charge is 2.14. The number of nitrogens with zero attached hydrogens (tertiary/aromatic N) is 1. The molecule has 4 rings (SSSR count). The molecule has 0 aliphatic rings. The lowest BCUT2D eigenvalue weighted by molar-refractivity contribution is 0.102. The summed E-state index contributed by atoms with van der Waals surface area (Å²) in [5.41, 5.74) is 3.45. The molecule has 0 aliphatic carbocycles. The van der Waals surface area contributed by atoms with Gasteiger partial charge in [0.05, 0.1) is 11.3 Å². The second-order valence-electron chi connectivity index (χ2n) is 5.36. The number of thiazole rings is 1. The van der Waals surface area contributed by atoms with Gasteiger partial charge in [0, 0.05) is 36.6 Å². The van der Waals surface area contributed by atoms with Crippen LogP contribution in [0.3, 0.4) is 0 Å². The number of halogens is 2. The first-order valence-corrected chi connectivity index (χ1v) is 9.74. The summed E-state index contributed by atoms with van der Waals surface area (Å²) < 4.78 is 0.841. The van der Waals surface area contributed by atoms with Crippen molar-refractivity contribution in [1.29, 1.82) is 0 Å². The average molecular weight is 480 g/mol. The van der Waals surface area contributed by atoms with E-state index in [1.807, 2.05) is 41.9 Å². The topological polar surface area (TPSA) is 57.8 Å². The van der Waals surface area contributed by atoms with E-state index in [9.17, 15) is 4.79 Å². The van der Waals surface area contributed by atoms with Gasteiger partial charge in [0.1, 0.15) is 0 Å². The maximum atomic E-state index is 12.5. The Morgan fingerprint density at radius 1 is 1.24 bits per heavy atom. The van der Waals surface area contributed by atoms with Crippen molar-refractivity contribution < 1.29 is 4.79 Å². The maximum Gasteiger partial charge on any atom is 0.258 e. The molecule has 2 N–H and O–H groups in total. The molecular formula is C18H11ClIN3OS. The van der Waals surface area contributed by atoms with Crippen LogP contribution in [0.25, 0.3) is 22.2 Å². The molecule has 0 atom stereocenters. The molecule has 0 saturated heterocycles. The van der Waals surface area contributed by atoms with Gasteiger partial charge in [0.2, 0.25) is 0 Å². The number of hydrogen-bond donors (Lipinski definition) is 2. The smallest absolute Gasteiger partial charge is 0.258 e. The molecule has 4 aromatic rings. The van der Waals surface area contributed by atoms with Gasteiger partial charge in [0.15, 0.2) is 5.13 Å². The molecule has 1 amide bonds. The van der Waals surface area contributed by atoms with Gasteiger partial charge in [-0.15, -0.1) is 11.3 Å². The number of carbonyl (C=O) groups excluding carboxylic acids is 1. The van der Waals surface area contributed by atoms with Gasteiger partial charge in [-0.25, -0.2) is 4.98 Å². The third kappa shape index (κ3) is 3.29. The molecule has 0 saturated carbocycles. The van der Waals surface area contributed by atoms with Crippen LogP contribution in [0.4, 0.5) is 5.13 Å². The molecule has 0 bridgehead atoms. The number of benzene rings is 2. The first-order chi connectivity index (χ1) is 12.1. The minimum absolute atomic E-state index is 0.216. The lowest BCUT2D eigenvalue weighted by Crippen LogP contribution is -2.13. The Bertz CT molecular complexity index is 1090. The SMILES string of the molecule is O=C(Nc1nc(-c2c[nH]c3ccccc23)cs1)c1cc(Cl)ccc1I. The van der Waals surface area contributed by atoms with Crippen LogP contribution in [0.1, 0.15) is 10.4 Å². The Labute approximate surface area is 166 Å². The fourth-order valence-electron chi connectivity index (χ4n) is 2.57. The van der Waals surface area contributed by atoms with E-state index >= 15 is 0 Å². The standard InChI is InChI=1S/C18H11ClIN3OS/c19-10-5-6-14(20)12(7-10)17(24)23-18-22-16(9-25-18)13-8-21-15-4-2-1-3-11(13)15/h1-9,21H,(H,22,23,24). The zero-order valence-corrected chi connectivity index (χ0v) is 16.4. The molecule has 124 valence electrons. The molecule has 0 spiro atoms. The van der Waals surface area contributed by atoms with Crippen molar-refractivity contribution in [3.8, 4) is 11.3 Å². The Morgan fingerprint density at radius 3 is 2.96 bits per heavy atom. The van der Waals surface area contributed by atoms with Crippen LogP contribution in [0.2, 0.25) is 5.02 Å². The monoisotopic (exact) mass is 479 g/mol. The first kappa shape index (κ1) is 16.6. The summed E-state index contributed by atoms with van der Waals surface area (Å²) in [5.74, 6) is -0.216. The Balaban J connectivity index is 1.61. The predicted molar refractivity (Wildman–Crippen MR) is 112 cm³/mol. The van der Waals surface area contributed by atoms with Crippen LogP contribution in [0.15, 0.2) is 54.0 Å². The lowest BCUT2D eigenvalue weighted by Gasteiger charge is -2.04. The van der Waals surface area contributed by atoms with Gasteiger partial charge < -0.3 is 4.98 Å². The number of H-pyrrole nitrogens is 1. The number of anilines is 1. The van der Waals surface area contributed by atoms with Crippen molar-refractivity contribution >= 4 is 67.5 Å². The number of aromatic amines is 1. The summed E-state index contributed by atoms with van der Waals surface area (Å²) in [6.07, 6.45) is 1.94. The van der Waals surface area contributed by atoms with E-state index in [2.05, 4.69) is 37.9 Å². The number of hydrogen-bond acceptors (Lipinski definition) is 3. The van der Waals surface area contributed by atoms with Crippen LogP contribution in [0.5, 0.6) is 0 Å². The average Bonchev–Trinajstić information content (AvgIpc) is 3.23. The van der Waals surface area contributed by atoms with Crippen LogP contribution in [-0.2, 0) is 0 Å². The van der Waals surface area contributed by atoms with Crippen LogP contribution >= 0.6 is 45.5 Å². The summed E-state index contributed by atoms with van der Waals surface area (Å²) in [6, 6.07) is 13.3. The van der Waals surface area contributed by atoms with Crippen LogP contribution in [0, 0.1) is 3.57 Å². The van der Waals surface area contributed by atoms with Crippen molar-refractivity contribution in [1.82, 2.24) is 9.97 Å². The highest BCUT2D eigenvalue weighted by atomic mass is 127. The zero-order chi connectivity index (χ0) is 17.4. The second-order valence-corrected chi connectivity index (χ2v) is 7.82. The van der Waals surface area contributed by atoms with E-state index < -0.39 is 0 Å². The number of amides is 1. The molecule has 25 heavy (non-hydrogen) atoms. The molecule has 7 heteroatoms. The maximum absolute atomic E-state index is 12.5. The van der Waals surface area contributed by atoms with Gasteiger partial charge in [-0.3, -0.25) is 10.1 Å². The number of aromatic nitrogens is 2. The number of rotatable bonds is 3. The molecule has 4 nitrogen and oxygen atoms in total. The highest BCUT2D eigenvalue weighted by Crippen LogP contribution is 2.31. The third-order valence-electron chi connectivity index (χ3n) is 3.76. The van der Waals surface area contributed by atoms with E-state index in [0.29, 0.717) is 15.7 Å². The molecule has 2 aromatic heterocycles. The van der Waals surface area contributed by atoms with E-state index in [-0.39, 0.29) is 5.91 Å². The van der Waals surface area contributed by atoms with Crippen molar-refractivity contribution in [3.05, 3.63) is 68.2 Å². The third-order valence-corrected chi connectivity index (χ3v) is 5.70. The number of fused-ring (bicyclic) bond motifs is 1. The Kier molecular flexibility index (Phi) is 4.49. The fraction of sp³-hybridized carbons (Fsp3) is 0. The molecule has 0 unspecified atom stereocenters. The molecule has 2 heterocycles. The van der Waals surface area contributed by atoms with Gasteiger partial charge in [-0.1, -0.05) is 29.8 Å². The van der Waals surface area contributed by atoms with Crippen LogP contribution < -0.4 is 5.32 Å². The van der Waals surface area contributed by atoms with Crippen LogP contribution in [-0.4, -0.2) is 15.9 Å². The molecule has 0 fully saturated rings. The zero-order valence-electron chi connectivity index (χ0n) is 12.7. The van der Waals surface area contributed by atoms with E-state index in [0.717, 1.165) is 25.7 Å². The number of carbonyl (C=O) groups is 1. The van der Waals surface area contributed by atoms with Gasteiger partial charge >= 0.3 is 0 Å². The molecular weight excluding hydrogens is 469 g/mol. The van der Waals surface area contributed by atoms with Crippen molar-refractivity contribution in [3.63, 3.8) is 0 Å². The quantitative estimate of drug-likeness (QED) is 0.365. The van der Waals surface area contributed by atoms with E-state index in [1.165, 1.54) is 11.3 Å². The van der Waals surface area contributed by atoms with Gasteiger partial charge in [0.25, 0.3) is 5.91 Å². The molecule has 2 aromatic carbocycles.